The number of unbranched alkanes of at least 4 members (excludes halogenated alkanes) is 1. The van der Waals surface area contributed by atoms with Crippen molar-refractivity contribution in [2.45, 2.75) is 33.1 Å². The lowest BCUT2D eigenvalue weighted by molar-refractivity contribution is 0.143. The summed E-state index contributed by atoms with van der Waals surface area (Å²) in [4.78, 5) is 4.21. The monoisotopic (exact) mass is 449 g/mol. The van der Waals surface area contributed by atoms with Crippen molar-refractivity contribution >= 4 is 29.9 Å². The molecule has 1 rings (SSSR count). The van der Waals surface area contributed by atoms with E-state index >= 15 is 0 Å². The zero-order chi connectivity index (χ0) is 16.8. The number of aliphatic imine (C=N–C) groups is 1. The lowest BCUT2D eigenvalue weighted by atomic mass is 10.2. The Bertz CT molecular complexity index is 456. The Morgan fingerprint density at radius 3 is 2.42 bits per heavy atom. The molecule has 0 amide bonds. The highest BCUT2D eigenvalue weighted by Gasteiger charge is 1.99. The maximum atomic E-state index is 5.77. The molecule has 0 saturated heterocycles. The van der Waals surface area contributed by atoms with Gasteiger partial charge in [0, 0.05) is 33.4 Å². The van der Waals surface area contributed by atoms with Gasteiger partial charge in [0.2, 0.25) is 0 Å². The van der Waals surface area contributed by atoms with Crippen LogP contribution in [0.15, 0.2) is 29.3 Å². The fourth-order valence-electron chi connectivity index (χ4n) is 2.08. The van der Waals surface area contributed by atoms with Gasteiger partial charge in [-0.05, 0) is 44.7 Å². The molecule has 0 aliphatic rings. The molecule has 0 fully saturated rings. The Labute approximate surface area is 163 Å². The molecule has 0 bridgehead atoms. The Morgan fingerprint density at radius 2 is 1.75 bits per heavy atom. The summed E-state index contributed by atoms with van der Waals surface area (Å²) in [5.41, 5.74) is 1.17. The third-order valence-corrected chi connectivity index (χ3v) is 3.40. The van der Waals surface area contributed by atoms with E-state index in [9.17, 15) is 0 Å². The van der Waals surface area contributed by atoms with Gasteiger partial charge in [-0.3, -0.25) is 4.99 Å². The van der Waals surface area contributed by atoms with E-state index in [1.54, 1.807) is 7.05 Å². The van der Waals surface area contributed by atoms with Crippen LogP contribution in [0.2, 0.25) is 0 Å². The Balaban J connectivity index is 0.00000529. The van der Waals surface area contributed by atoms with E-state index in [1.807, 2.05) is 25.1 Å². The number of hydrogen-bond acceptors (Lipinski definition) is 3. The molecule has 5 nitrogen and oxygen atoms in total. The maximum absolute atomic E-state index is 5.77. The van der Waals surface area contributed by atoms with Gasteiger partial charge in [-0.1, -0.05) is 18.2 Å². The average Bonchev–Trinajstić information content (AvgIpc) is 2.57. The van der Waals surface area contributed by atoms with E-state index in [2.05, 4.69) is 28.6 Å². The molecule has 0 heterocycles. The zero-order valence-electron chi connectivity index (χ0n) is 15.1. The van der Waals surface area contributed by atoms with Gasteiger partial charge in [-0.25, -0.2) is 0 Å². The largest absolute Gasteiger partial charge is 0.493 e. The number of rotatable bonds is 11. The lowest BCUT2D eigenvalue weighted by Gasteiger charge is -2.12. The minimum Gasteiger partial charge on any atom is -0.493 e. The highest BCUT2D eigenvalue weighted by molar-refractivity contribution is 14.0. The third-order valence-electron chi connectivity index (χ3n) is 3.40. The summed E-state index contributed by atoms with van der Waals surface area (Å²) in [7, 11) is 1.79. The van der Waals surface area contributed by atoms with Crippen molar-refractivity contribution in [1.82, 2.24) is 10.6 Å². The summed E-state index contributed by atoms with van der Waals surface area (Å²) < 4.78 is 11.1. The van der Waals surface area contributed by atoms with Crippen LogP contribution in [0.5, 0.6) is 5.75 Å². The molecule has 0 aliphatic carbocycles. The number of halogens is 1. The molecule has 138 valence electrons. The summed E-state index contributed by atoms with van der Waals surface area (Å²) in [5, 5.41) is 6.61. The second kappa shape index (κ2) is 15.5. The van der Waals surface area contributed by atoms with Crippen molar-refractivity contribution in [2.75, 3.05) is 40.0 Å². The first-order chi connectivity index (χ1) is 11.3. The number of nitrogens with one attached hydrogen (secondary N) is 2. The summed E-state index contributed by atoms with van der Waals surface area (Å²) >= 11 is 0. The van der Waals surface area contributed by atoms with Gasteiger partial charge >= 0.3 is 0 Å². The molecule has 24 heavy (non-hydrogen) atoms. The minimum absolute atomic E-state index is 0. The van der Waals surface area contributed by atoms with Gasteiger partial charge in [0.1, 0.15) is 5.75 Å². The number of nitrogens with zero attached hydrogens (tertiary/aromatic N) is 1. The number of ether oxygens (including phenoxy) is 2. The molecule has 0 aromatic heterocycles. The lowest BCUT2D eigenvalue weighted by Crippen LogP contribution is -2.38. The quantitative estimate of drug-likeness (QED) is 0.236. The predicted molar refractivity (Wildman–Crippen MR) is 112 cm³/mol. The van der Waals surface area contributed by atoms with E-state index in [4.69, 9.17) is 9.47 Å². The highest BCUT2D eigenvalue weighted by Crippen LogP contribution is 2.15. The van der Waals surface area contributed by atoms with E-state index in [0.717, 1.165) is 57.3 Å². The van der Waals surface area contributed by atoms with Crippen LogP contribution in [0.4, 0.5) is 0 Å². The Morgan fingerprint density at radius 1 is 1.04 bits per heavy atom. The van der Waals surface area contributed by atoms with Crippen molar-refractivity contribution in [3.63, 3.8) is 0 Å². The van der Waals surface area contributed by atoms with Crippen molar-refractivity contribution in [3.05, 3.63) is 29.8 Å². The second-order valence-electron chi connectivity index (χ2n) is 5.30. The van der Waals surface area contributed by atoms with Crippen LogP contribution in [0, 0.1) is 6.92 Å². The van der Waals surface area contributed by atoms with Gasteiger partial charge in [0.05, 0.1) is 6.61 Å². The number of hydrogen-bond donors (Lipinski definition) is 2. The normalized spacial score (nSPS) is 10.9. The SMILES string of the molecule is CCOCCCCNC(=NC)NCCCOc1ccccc1C.I. The van der Waals surface area contributed by atoms with Gasteiger partial charge < -0.3 is 20.1 Å². The van der Waals surface area contributed by atoms with Crippen LogP contribution in [0.25, 0.3) is 0 Å². The van der Waals surface area contributed by atoms with Crippen LogP contribution >= 0.6 is 24.0 Å². The van der Waals surface area contributed by atoms with Crippen LogP contribution in [-0.2, 0) is 4.74 Å². The summed E-state index contributed by atoms with van der Waals surface area (Å²) in [5.74, 6) is 1.81. The first-order valence-electron chi connectivity index (χ1n) is 8.48. The predicted octanol–water partition coefficient (Wildman–Crippen LogP) is 3.36. The number of para-hydroxylation sites is 1. The molecule has 0 saturated carbocycles. The number of aryl methyl sites for hydroxylation is 1. The van der Waals surface area contributed by atoms with Crippen LogP contribution < -0.4 is 15.4 Å². The third kappa shape index (κ3) is 10.7. The molecule has 2 N–H and O–H groups in total. The van der Waals surface area contributed by atoms with Gasteiger partial charge in [0.15, 0.2) is 5.96 Å². The fraction of sp³-hybridized carbons (Fsp3) is 0.611. The van der Waals surface area contributed by atoms with Gasteiger partial charge in [-0.2, -0.15) is 0 Å². The molecule has 0 atom stereocenters. The molecule has 0 unspecified atom stereocenters. The van der Waals surface area contributed by atoms with Gasteiger partial charge in [0.25, 0.3) is 0 Å². The highest BCUT2D eigenvalue weighted by atomic mass is 127. The summed E-state index contributed by atoms with van der Waals surface area (Å²) in [6, 6.07) is 8.09. The first-order valence-corrected chi connectivity index (χ1v) is 8.48. The van der Waals surface area contributed by atoms with Crippen molar-refractivity contribution < 1.29 is 9.47 Å². The smallest absolute Gasteiger partial charge is 0.190 e. The number of guanidine groups is 1. The molecule has 0 radical (unpaired) electrons. The van der Waals surface area contributed by atoms with Crippen LogP contribution in [0.1, 0.15) is 31.7 Å². The maximum Gasteiger partial charge on any atom is 0.190 e. The number of benzene rings is 1. The van der Waals surface area contributed by atoms with E-state index in [0.29, 0.717) is 6.61 Å². The zero-order valence-corrected chi connectivity index (χ0v) is 17.5. The topological polar surface area (TPSA) is 54.9 Å². The Hall–Kier alpha value is -1.02. The molecule has 1 aromatic rings. The molecular weight excluding hydrogens is 417 g/mol. The van der Waals surface area contributed by atoms with Crippen molar-refractivity contribution in [2.24, 2.45) is 4.99 Å². The van der Waals surface area contributed by atoms with E-state index < -0.39 is 0 Å². The van der Waals surface area contributed by atoms with E-state index in [-0.39, 0.29) is 24.0 Å². The second-order valence-corrected chi connectivity index (χ2v) is 5.30. The summed E-state index contributed by atoms with van der Waals surface area (Å²) in [6.07, 6.45) is 3.08. The molecule has 6 heteroatoms. The Kier molecular flexibility index (Phi) is 14.8. The average molecular weight is 449 g/mol. The van der Waals surface area contributed by atoms with Crippen molar-refractivity contribution in [1.29, 1.82) is 0 Å². The van der Waals surface area contributed by atoms with Gasteiger partial charge in [-0.15, -0.1) is 24.0 Å². The van der Waals surface area contributed by atoms with E-state index in [1.165, 1.54) is 5.56 Å². The van der Waals surface area contributed by atoms with Crippen LogP contribution in [0.3, 0.4) is 0 Å². The molecule has 1 aromatic carbocycles. The standard InChI is InChI=1S/C18H31N3O2.HI/c1-4-22-14-8-7-12-20-18(19-3)21-13-9-15-23-17-11-6-5-10-16(17)2;/h5-6,10-11H,4,7-9,12-15H2,1-3H3,(H2,19,20,21);1H. The van der Waals surface area contributed by atoms with Crippen molar-refractivity contribution in [3.8, 4) is 5.75 Å². The molecule has 0 spiro atoms. The first kappa shape index (κ1) is 23.0. The molecule has 0 aliphatic heterocycles. The summed E-state index contributed by atoms with van der Waals surface area (Å²) in [6.45, 7) is 8.15. The van der Waals surface area contributed by atoms with Crippen LogP contribution in [-0.4, -0.2) is 45.9 Å². The minimum atomic E-state index is 0. The molecular formula is C18H32IN3O2. The fourth-order valence-corrected chi connectivity index (χ4v) is 2.08.